The summed E-state index contributed by atoms with van der Waals surface area (Å²) in [7, 11) is 0. The Labute approximate surface area is 122 Å². The molecular formula is C16H14ClNO2. The smallest absolute Gasteiger partial charge is 0.248 e. The number of rotatable bonds is 4. The molecule has 3 nitrogen and oxygen atoms in total. The third-order valence-corrected chi connectivity index (χ3v) is 2.91. The van der Waals surface area contributed by atoms with E-state index in [0.29, 0.717) is 10.7 Å². The highest BCUT2D eigenvalue weighted by molar-refractivity contribution is 6.30. The molecule has 0 heterocycles. The summed E-state index contributed by atoms with van der Waals surface area (Å²) >= 11 is 5.86. The summed E-state index contributed by atoms with van der Waals surface area (Å²) in [5.41, 5.74) is 2.35. The van der Waals surface area contributed by atoms with E-state index in [4.69, 9.17) is 16.7 Å². The number of carbonyl (C=O) groups excluding carboxylic acids is 1. The Hall–Kier alpha value is -2.10. The van der Waals surface area contributed by atoms with Gasteiger partial charge in [-0.25, -0.2) is 0 Å². The van der Waals surface area contributed by atoms with E-state index in [1.165, 1.54) is 6.08 Å². The Morgan fingerprint density at radius 1 is 1.20 bits per heavy atom. The van der Waals surface area contributed by atoms with E-state index in [9.17, 15) is 4.79 Å². The predicted octanol–water partition coefficient (Wildman–Crippen LogP) is 3.48. The van der Waals surface area contributed by atoms with Gasteiger partial charge in [0.05, 0.1) is 6.61 Å². The lowest BCUT2D eigenvalue weighted by molar-refractivity contribution is -0.111. The lowest BCUT2D eigenvalue weighted by atomic mass is 10.2. The molecule has 2 aromatic rings. The maximum atomic E-state index is 11.7. The van der Waals surface area contributed by atoms with Crippen LogP contribution in [0.15, 0.2) is 54.6 Å². The first-order chi connectivity index (χ1) is 9.67. The molecule has 0 unspecified atom stereocenters. The van der Waals surface area contributed by atoms with Gasteiger partial charge in [0.1, 0.15) is 0 Å². The number of anilines is 1. The van der Waals surface area contributed by atoms with Crippen molar-refractivity contribution in [3.8, 4) is 0 Å². The minimum absolute atomic E-state index is 0.0110. The minimum atomic E-state index is -0.221. The fourth-order valence-electron chi connectivity index (χ4n) is 1.66. The molecule has 0 saturated carbocycles. The number of nitrogens with one attached hydrogen (secondary N) is 1. The lowest BCUT2D eigenvalue weighted by Gasteiger charge is -2.03. The molecule has 0 aliphatic carbocycles. The zero-order valence-corrected chi connectivity index (χ0v) is 11.5. The molecule has 0 aromatic heterocycles. The number of hydrogen-bond donors (Lipinski definition) is 2. The zero-order chi connectivity index (χ0) is 14.4. The highest BCUT2D eigenvalue weighted by atomic mass is 35.5. The van der Waals surface area contributed by atoms with Gasteiger partial charge in [-0.2, -0.15) is 0 Å². The average Bonchev–Trinajstić information content (AvgIpc) is 2.46. The maximum absolute atomic E-state index is 11.7. The monoisotopic (exact) mass is 287 g/mol. The predicted molar refractivity (Wildman–Crippen MR) is 81.5 cm³/mol. The molecule has 2 aromatic carbocycles. The first-order valence-corrected chi connectivity index (χ1v) is 6.49. The number of benzene rings is 2. The van der Waals surface area contributed by atoms with Gasteiger partial charge >= 0.3 is 0 Å². The average molecular weight is 288 g/mol. The number of aliphatic hydroxyl groups is 1. The molecular weight excluding hydrogens is 274 g/mol. The normalized spacial score (nSPS) is 10.7. The molecule has 0 spiro atoms. The summed E-state index contributed by atoms with van der Waals surface area (Å²) in [5.74, 6) is -0.221. The van der Waals surface area contributed by atoms with Gasteiger partial charge < -0.3 is 10.4 Å². The lowest BCUT2D eigenvalue weighted by Crippen LogP contribution is -2.07. The first-order valence-electron chi connectivity index (χ1n) is 6.12. The molecule has 20 heavy (non-hydrogen) atoms. The van der Waals surface area contributed by atoms with Crippen LogP contribution < -0.4 is 5.32 Å². The molecule has 4 heteroatoms. The van der Waals surface area contributed by atoms with Crippen LogP contribution >= 0.6 is 11.6 Å². The van der Waals surface area contributed by atoms with Gasteiger partial charge in [-0.1, -0.05) is 35.9 Å². The van der Waals surface area contributed by atoms with Crippen LogP contribution in [-0.4, -0.2) is 11.0 Å². The number of amides is 1. The van der Waals surface area contributed by atoms with Crippen LogP contribution in [-0.2, 0) is 11.4 Å². The van der Waals surface area contributed by atoms with Crippen LogP contribution in [0.25, 0.3) is 6.08 Å². The van der Waals surface area contributed by atoms with Crippen LogP contribution in [0, 0.1) is 0 Å². The Bertz CT molecular complexity index is 621. The SMILES string of the molecule is O=C(C=Cc1cccc(Cl)c1)Nc1ccc(CO)cc1. The largest absolute Gasteiger partial charge is 0.392 e. The Kier molecular flexibility index (Phi) is 4.93. The van der Waals surface area contributed by atoms with Crippen molar-refractivity contribution in [3.63, 3.8) is 0 Å². The molecule has 0 aliphatic heterocycles. The van der Waals surface area contributed by atoms with Crippen molar-refractivity contribution in [2.24, 2.45) is 0 Å². The minimum Gasteiger partial charge on any atom is -0.392 e. The van der Waals surface area contributed by atoms with E-state index in [1.54, 1.807) is 42.5 Å². The van der Waals surface area contributed by atoms with Gasteiger partial charge in [0.2, 0.25) is 5.91 Å². The number of carbonyl (C=O) groups is 1. The molecule has 0 fully saturated rings. The summed E-state index contributed by atoms with van der Waals surface area (Å²) in [6.07, 6.45) is 3.15. The van der Waals surface area contributed by atoms with Crippen molar-refractivity contribution >= 4 is 29.3 Å². The summed E-state index contributed by atoms with van der Waals surface area (Å²) in [6.45, 7) is -0.0110. The fraction of sp³-hybridized carbons (Fsp3) is 0.0625. The van der Waals surface area contributed by atoms with Crippen molar-refractivity contribution in [2.45, 2.75) is 6.61 Å². The highest BCUT2D eigenvalue weighted by Crippen LogP contribution is 2.12. The Morgan fingerprint density at radius 3 is 2.60 bits per heavy atom. The Balaban J connectivity index is 1.98. The Morgan fingerprint density at radius 2 is 1.95 bits per heavy atom. The van der Waals surface area contributed by atoms with E-state index in [1.807, 2.05) is 12.1 Å². The standard InChI is InChI=1S/C16H14ClNO2/c17-14-3-1-2-12(10-14)6-9-16(20)18-15-7-4-13(11-19)5-8-15/h1-10,19H,11H2,(H,18,20). The zero-order valence-electron chi connectivity index (χ0n) is 10.7. The van der Waals surface area contributed by atoms with E-state index in [-0.39, 0.29) is 12.5 Å². The number of aliphatic hydroxyl groups excluding tert-OH is 1. The molecule has 0 radical (unpaired) electrons. The van der Waals surface area contributed by atoms with Gasteiger partial charge in [0, 0.05) is 16.8 Å². The summed E-state index contributed by atoms with van der Waals surface area (Å²) in [5, 5.41) is 12.3. The second kappa shape index (κ2) is 6.89. The molecule has 0 atom stereocenters. The highest BCUT2D eigenvalue weighted by Gasteiger charge is 1.98. The molecule has 102 valence electrons. The number of halogens is 1. The van der Waals surface area contributed by atoms with Crippen molar-refractivity contribution in [2.75, 3.05) is 5.32 Å². The quantitative estimate of drug-likeness (QED) is 0.846. The van der Waals surface area contributed by atoms with Crippen LogP contribution in [0.5, 0.6) is 0 Å². The summed E-state index contributed by atoms with van der Waals surface area (Å²) in [6, 6.07) is 14.3. The van der Waals surface area contributed by atoms with Crippen LogP contribution in [0.1, 0.15) is 11.1 Å². The third kappa shape index (κ3) is 4.23. The van der Waals surface area contributed by atoms with Crippen molar-refractivity contribution < 1.29 is 9.90 Å². The van der Waals surface area contributed by atoms with Gasteiger partial charge in [-0.05, 0) is 41.5 Å². The van der Waals surface area contributed by atoms with Crippen LogP contribution in [0.2, 0.25) is 5.02 Å². The summed E-state index contributed by atoms with van der Waals surface area (Å²) in [4.78, 5) is 11.7. The fourth-order valence-corrected chi connectivity index (χ4v) is 1.86. The van der Waals surface area contributed by atoms with Gasteiger partial charge in [0.15, 0.2) is 0 Å². The van der Waals surface area contributed by atoms with E-state index in [2.05, 4.69) is 5.32 Å². The van der Waals surface area contributed by atoms with E-state index >= 15 is 0 Å². The third-order valence-electron chi connectivity index (χ3n) is 2.68. The van der Waals surface area contributed by atoms with Crippen LogP contribution in [0.3, 0.4) is 0 Å². The van der Waals surface area contributed by atoms with Crippen molar-refractivity contribution in [1.29, 1.82) is 0 Å². The van der Waals surface area contributed by atoms with Crippen molar-refractivity contribution in [1.82, 2.24) is 0 Å². The number of hydrogen-bond acceptors (Lipinski definition) is 2. The van der Waals surface area contributed by atoms with Gasteiger partial charge in [0.25, 0.3) is 0 Å². The molecule has 0 bridgehead atoms. The van der Waals surface area contributed by atoms with E-state index in [0.717, 1.165) is 11.1 Å². The van der Waals surface area contributed by atoms with Crippen LogP contribution in [0.4, 0.5) is 5.69 Å². The first kappa shape index (κ1) is 14.3. The molecule has 0 aliphatic rings. The van der Waals surface area contributed by atoms with Crippen molar-refractivity contribution in [3.05, 3.63) is 70.8 Å². The maximum Gasteiger partial charge on any atom is 0.248 e. The van der Waals surface area contributed by atoms with Gasteiger partial charge in [-0.3, -0.25) is 4.79 Å². The molecule has 2 rings (SSSR count). The van der Waals surface area contributed by atoms with Gasteiger partial charge in [-0.15, -0.1) is 0 Å². The molecule has 2 N–H and O–H groups in total. The molecule has 0 saturated heterocycles. The molecule has 1 amide bonds. The second-order valence-corrected chi connectivity index (χ2v) is 4.67. The van der Waals surface area contributed by atoms with E-state index < -0.39 is 0 Å². The second-order valence-electron chi connectivity index (χ2n) is 4.23. The summed E-state index contributed by atoms with van der Waals surface area (Å²) < 4.78 is 0. The topological polar surface area (TPSA) is 49.3 Å².